The first kappa shape index (κ1) is 14.3. The van der Waals surface area contributed by atoms with Crippen LogP contribution in [0.4, 0.5) is 5.69 Å². The van der Waals surface area contributed by atoms with Crippen LogP contribution in [0.3, 0.4) is 0 Å². The molecule has 1 N–H and O–H groups in total. The number of esters is 1. The summed E-state index contributed by atoms with van der Waals surface area (Å²) in [4.78, 5) is 23.7. The molecular weight excluding hydrogens is 282 g/mol. The molecule has 1 amide bonds. The van der Waals surface area contributed by atoms with Crippen molar-refractivity contribution in [2.75, 3.05) is 11.9 Å². The number of benzene rings is 1. The van der Waals surface area contributed by atoms with Gasteiger partial charge in [-0.2, -0.15) is 5.10 Å². The number of carbonyl (C=O) groups excluding carboxylic acids is 2. The highest BCUT2D eigenvalue weighted by Gasteiger charge is 2.29. The molecule has 1 aliphatic carbocycles. The summed E-state index contributed by atoms with van der Waals surface area (Å²) < 4.78 is 6.90. The molecule has 1 fully saturated rings. The zero-order chi connectivity index (χ0) is 15.4. The molecule has 3 rings (SSSR count). The summed E-state index contributed by atoms with van der Waals surface area (Å²) in [5.41, 5.74) is 1.05. The van der Waals surface area contributed by atoms with Crippen LogP contribution in [0, 0.1) is 5.92 Å². The predicted molar refractivity (Wildman–Crippen MR) is 80.3 cm³/mol. The molecule has 0 aliphatic heterocycles. The lowest BCUT2D eigenvalue weighted by atomic mass is 10.2. The van der Waals surface area contributed by atoms with Crippen molar-refractivity contribution in [2.24, 2.45) is 5.92 Å². The molecule has 0 radical (unpaired) electrons. The van der Waals surface area contributed by atoms with E-state index >= 15 is 0 Å². The van der Waals surface area contributed by atoms with Gasteiger partial charge in [0.2, 0.25) is 5.91 Å². The Bertz CT molecular complexity index is 663. The highest BCUT2D eigenvalue weighted by molar-refractivity contribution is 5.96. The van der Waals surface area contributed by atoms with Crippen molar-refractivity contribution in [3.8, 4) is 0 Å². The first-order chi connectivity index (χ1) is 10.7. The minimum Gasteiger partial charge on any atom is -0.460 e. The minimum absolute atomic E-state index is 0.0178. The molecule has 114 valence electrons. The molecular formula is C16H17N3O3. The molecule has 0 spiro atoms. The number of anilines is 1. The van der Waals surface area contributed by atoms with Crippen molar-refractivity contribution in [2.45, 2.75) is 19.4 Å². The molecule has 6 nitrogen and oxygen atoms in total. The van der Waals surface area contributed by atoms with Crippen LogP contribution in [0.2, 0.25) is 0 Å². The summed E-state index contributed by atoms with van der Waals surface area (Å²) >= 11 is 0. The molecule has 1 aliphatic rings. The van der Waals surface area contributed by atoms with Crippen LogP contribution in [0.25, 0.3) is 0 Å². The monoisotopic (exact) mass is 299 g/mol. The van der Waals surface area contributed by atoms with Crippen LogP contribution in [0.5, 0.6) is 0 Å². The average Bonchev–Trinajstić information content (AvgIpc) is 3.25. The Morgan fingerprint density at radius 3 is 2.91 bits per heavy atom. The molecule has 1 aromatic heterocycles. The van der Waals surface area contributed by atoms with Gasteiger partial charge in [0.05, 0.1) is 12.1 Å². The number of nitrogens with one attached hydrogen (secondary N) is 1. The lowest BCUT2D eigenvalue weighted by Crippen LogP contribution is -2.15. The number of ether oxygens (including phenoxy) is 1. The summed E-state index contributed by atoms with van der Waals surface area (Å²) in [6, 6.07) is 8.61. The lowest BCUT2D eigenvalue weighted by molar-refractivity contribution is -0.117. The molecule has 0 atom stereocenters. The Balaban J connectivity index is 1.53. The fourth-order valence-corrected chi connectivity index (χ4v) is 2.06. The standard InChI is InChI=1S/C16H17N3O3/c20-15(12-5-6-12)18-14-4-1-3-13(11-14)16(21)22-10-9-19-8-2-7-17-19/h1-4,7-8,11-12H,5-6,9-10H2,(H,18,20). The van der Waals surface area contributed by atoms with Crippen LogP contribution in [-0.4, -0.2) is 28.3 Å². The zero-order valence-electron chi connectivity index (χ0n) is 12.1. The van der Waals surface area contributed by atoms with Crippen molar-refractivity contribution in [3.63, 3.8) is 0 Å². The van der Waals surface area contributed by atoms with Crippen molar-refractivity contribution in [1.29, 1.82) is 0 Å². The molecule has 22 heavy (non-hydrogen) atoms. The van der Waals surface area contributed by atoms with E-state index in [1.165, 1.54) is 0 Å². The SMILES string of the molecule is O=C(OCCn1cccn1)c1cccc(NC(=O)C2CC2)c1. The maximum atomic E-state index is 12.0. The maximum Gasteiger partial charge on any atom is 0.338 e. The number of hydrogen-bond acceptors (Lipinski definition) is 4. The minimum atomic E-state index is -0.408. The first-order valence-electron chi connectivity index (χ1n) is 7.28. The number of nitrogens with zero attached hydrogens (tertiary/aromatic N) is 2. The third kappa shape index (κ3) is 3.72. The van der Waals surface area contributed by atoms with E-state index in [9.17, 15) is 9.59 Å². The summed E-state index contributed by atoms with van der Waals surface area (Å²) in [5, 5.41) is 6.85. The Morgan fingerprint density at radius 1 is 1.32 bits per heavy atom. The highest BCUT2D eigenvalue weighted by atomic mass is 16.5. The van der Waals surface area contributed by atoms with Crippen LogP contribution in [-0.2, 0) is 16.1 Å². The van der Waals surface area contributed by atoms with E-state index in [2.05, 4.69) is 10.4 Å². The Hall–Kier alpha value is -2.63. The fourth-order valence-electron chi connectivity index (χ4n) is 2.06. The van der Waals surface area contributed by atoms with Crippen LogP contribution in [0.15, 0.2) is 42.7 Å². The second-order valence-electron chi connectivity index (χ2n) is 5.25. The highest BCUT2D eigenvalue weighted by Crippen LogP contribution is 2.30. The van der Waals surface area contributed by atoms with Crippen LogP contribution < -0.4 is 5.32 Å². The summed E-state index contributed by atoms with van der Waals surface area (Å²) in [6.07, 6.45) is 5.37. The summed E-state index contributed by atoms with van der Waals surface area (Å²) in [6.45, 7) is 0.760. The van der Waals surface area contributed by atoms with Crippen molar-refractivity contribution >= 4 is 17.6 Å². The molecule has 6 heteroatoms. The number of hydrogen-bond donors (Lipinski definition) is 1. The normalized spacial score (nSPS) is 13.6. The number of amides is 1. The Kier molecular flexibility index (Phi) is 4.18. The van der Waals surface area contributed by atoms with E-state index < -0.39 is 5.97 Å². The van der Waals surface area contributed by atoms with Gasteiger partial charge in [-0.1, -0.05) is 6.07 Å². The van der Waals surface area contributed by atoms with Gasteiger partial charge in [0.25, 0.3) is 0 Å². The van der Waals surface area contributed by atoms with E-state index in [0.717, 1.165) is 12.8 Å². The average molecular weight is 299 g/mol. The van der Waals surface area contributed by atoms with Crippen molar-refractivity contribution < 1.29 is 14.3 Å². The molecule has 0 saturated heterocycles. The van der Waals surface area contributed by atoms with Gasteiger partial charge < -0.3 is 10.1 Å². The van der Waals surface area contributed by atoms with E-state index in [0.29, 0.717) is 17.8 Å². The quantitative estimate of drug-likeness (QED) is 0.829. The van der Waals surface area contributed by atoms with Gasteiger partial charge in [-0.15, -0.1) is 0 Å². The predicted octanol–water partition coefficient (Wildman–Crippen LogP) is 2.09. The molecule has 0 unspecified atom stereocenters. The molecule has 1 heterocycles. The van der Waals surface area contributed by atoms with E-state index in [1.54, 1.807) is 35.1 Å². The largest absolute Gasteiger partial charge is 0.460 e. The fraction of sp³-hybridized carbons (Fsp3) is 0.312. The van der Waals surface area contributed by atoms with Gasteiger partial charge in [-0.3, -0.25) is 9.48 Å². The lowest BCUT2D eigenvalue weighted by Gasteiger charge is -2.08. The third-order valence-electron chi connectivity index (χ3n) is 3.43. The second kappa shape index (κ2) is 6.43. The van der Waals surface area contributed by atoms with Gasteiger partial charge in [0.1, 0.15) is 6.61 Å². The number of carbonyl (C=O) groups is 2. The smallest absolute Gasteiger partial charge is 0.338 e. The van der Waals surface area contributed by atoms with Gasteiger partial charge in [0.15, 0.2) is 0 Å². The summed E-state index contributed by atoms with van der Waals surface area (Å²) in [5.74, 6) is -0.261. The van der Waals surface area contributed by atoms with Crippen LogP contribution >= 0.6 is 0 Å². The zero-order valence-corrected chi connectivity index (χ0v) is 12.1. The van der Waals surface area contributed by atoms with Crippen LogP contribution in [0.1, 0.15) is 23.2 Å². The topological polar surface area (TPSA) is 73.2 Å². The Labute approximate surface area is 128 Å². The van der Waals surface area contributed by atoms with Gasteiger partial charge in [0, 0.05) is 24.0 Å². The molecule has 0 bridgehead atoms. The van der Waals surface area contributed by atoms with Crippen molar-refractivity contribution in [3.05, 3.63) is 48.3 Å². The first-order valence-corrected chi connectivity index (χ1v) is 7.28. The van der Waals surface area contributed by atoms with E-state index in [4.69, 9.17) is 4.74 Å². The maximum absolute atomic E-state index is 12.0. The number of rotatable bonds is 6. The molecule has 1 aromatic carbocycles. The Morgan fingerprint density at radius 2 is 2.18 bits per heavy atom. The van der Waals surface area contributed by atoms with Gasteiger partial charge >= 0.3 is 5.97 Å². The van der Waals surface area contributed by atoms with E-state index in [1.807, 2.05) is 12.3 Å². The molecule has 2 aromatic rings. The third-order valence-corrected chi connectivity index (χ3v) is 3.43. The van der Waals surface area contributed by atoms with Gasteiger partial charge in [-0.05, 0) is 37.1 Å². The molecule has 1 saturated carbocycles. The van der Waals surface area contributed by atoms with Crippen molar-refractivity contribution in [1.82, 2.24) is 9.78 Å². The second-order valence-corrected chi connectivity index (χ2v) is 5.25. The van der Waals surface area contributed by atoms with E-state index in [-0.39, 0.29) is 18.4 Å². The van der Waals surface area contributed by atoms with Gasteiger partial charge in [-0.25, -0.2) is 4.79 Å². The summed E-state index contributed by atoms with van der Waals surface area (Å²) in [7, 11) is 0. The number of aromatic nitrogens is 2.